The zero-order valence-electron chi connectivity index (χ0n) is 34.0. The molecule has 0 fully saturated rings. The summed E-state index contributed by atoms with van der Waals surface area (Å²) in [5.41, 5.74) is 0.0914. The number of hydrogen-bond donors (Lipinski definition) is 8. The van der Waals surface area contributed by atoms with E-state index in [9.17, 15) is 24.2 Å². The normalized spacial score (nSPS) is 11.7. The Labute approximate surface area is 343 Å². The molecule has 60 heavy (non-hydrogen) atoms. The molecule has 0 saturated heterocycles. The number of aliphatic hydroxyl groups excluding tert-OH is 2. The van der Waals surface area contributed by atoms with E-state index in [0.717, 1.165) is 6.07 Å². The van der Waals surface area contributed by atoms with Crippen molar-refractivity contribution in [2.45, 2.75) is 27.7 Å². The molecular formula is C40H48F2N12O6. The van der Waals surface area contributed by atoms with Crippen molar-refractivity contribution in [3.8, 4) is 11.5 Å². The number of amides is 2. The van der Waals surface area contributed by atoms with Crippen LogP contribution in [0.4, 0.5) is 43.4 Å². The third kappa shape index (κ3) is 9.72. The molecule has 0 aliphatic carbocycles. The van der Waals surface area contributed by atoms with Crippen molar-refractivity contribution in [1.82, 2.24) is 39.8 Å². The number of fused-ring (bicyclic) bond motifs is 2. The van der Waals surface area contributed by atoms with Crippen molar-refractivity contribution in [1.29, 1.82) is 0 Å². The second kappa shape index (κ2) is 18.0. The van der Waals surface area contributed by atoms with Crippen molar-refractivity contribution in [3.05, 3.63) is 83.7 Å². The average molecular weight is 831 g/mol. The van der Waals surface area contributed by atoms with E-state index in [2.05, 4.69) is 52.1 Å². The maximum Gasteiger partial charge on any atom is 0.256 e. The second-order valence-electron chi connectivity index (χ2n) is 15.4. The number of carbonyl (C=O) groups excluding carboxylic acids is 2. The highest BCUT2D eigenvalue weighted by Gasteiger charge is 2.24. The summed E-state index contributed by atoms with van der Waals surface area (Å²) in [6, 6.07) is 12.2. The Morgan fingerprint density at radius 1 is 0.783 bits per heavy atom. The van der Waals surface area contributed by atoms with Crippen LogP contribution in [-0.2, 0) is 0 Å². The number of para-hydroxylation sites is 2. The maximum atomic E-state index is 15.4. The van der Waals surface area contributed by atoms with Gasteiger partial charge in [0.1, 0.15) is 52.6 Å². The topological polar surface area (TPSA) is 226 Å². The van der Waals surface area contributed by atoms with Gasteiger partial charge in [0, 0.05) is 68.4 Å². The number of aliphatic hydroxyl groups is 2. The molecule has 0 spiro atoms. The number of aromatic nitrogens is 6. The van der Waals surface area contributed by atoms with Crippen LogP contribution in [0.15, 0.2) is 60.9 Å². The van der Waals surface area contributed by atoms with Crippen LogP contribution in [0, 0.1) is 22.5 Å². The minimum Gasteiger partial charge on any atom is -0.495 e. The fraction of sp³-hybridized carbons (Fsp3) is 0.350. The highest BCUT2D eigenvalue weighted by Crippen LogP contribution is 2.33. The van der Waals surface area contributed by atoms with Gasteiger partial charge < -0.3 is 51.6 Å². The fourth-order valence-corrected chi connectivity index (χ4v) is 5.78. The minimum absolute atomic E-state index is 0.0744. The van der Waals surface area contributed by atoms with E-state index in [-0.39, 0.29) is 79.1 Å². The first kappa shape index (κ1) is 42.8. The molecule has 0 unspecified atom stereocenters. The number of benzene rings is 2. The number of carbonyl (C=O) groups is 2. The van der Waals surface area contributed by atoms with Crippen LogP contribution in [0.3, 0.4) is 0 Å². The number of hydrogen-bond acceptors (Lipinski definition) is 14. The Balaban J connectivity index is 1.24. The maximum absolute atomic E-state index is 15.4. The van der Waals surface area contributed by atoms with Crippen LogP contribution < -0.4 is 41.4 Å². The van der Waals surface area contributed by atoms with Crippen LogP contribution in [0.1, 0.15) is 48.4 Å². The monoisotopic (exact) mass is 830 g/mol. The van der Waals surface area contributed by atoms with Gasteiger partial charge in [-0.25, -0.2) is 18.7 Å². The zero-order chi connectivity index (χ0) is 43.2. The number of anilines is 6. The Hall–Kier alpha value is -6.80. The van der Waals surface area contributed by atoms with Crippen molar-refractivity contribution in [3.63, 3.8) is 0 Å². The molecular weight excluding hydrogens is 783 g/mol. The summed E-state index contributed by atoms with van der Waals surface area (Å²) in [6.07, 6.45) is 2.73. The Bertz CT molecular complexity index is 2510. The van der Waals surface area contributed by atoms with Gasteiger partial charge in [0.2, 0.25) is 0 Å². The molecule has 0 aliphatic rings. The van der Waals surface area contributed by atoms with Crippen LogP contribution in [0.25, 0.3) is 11.3 Å². The zero-order valence-corrected chi connectivity index (χ0v) is 34.0. The quantitative estimate of drug-likeness (QED) is 0.0524. The Kier molecular flexibility index (Phi) is 12.8. The molecule has 0 saturated carbocycles. The summed E-state index contributed by atoms with van der Waals surface area (Å²) in [5, 5.41) is 45.9. The molecule has 18 nitrogen and oxygen atoms in total. The van der Waals surface area contributed by atoms with Crippen molar-refractivity contribution in [2.75, 3.05) is 74.9 Å². The summed E-state index contributed by atoms with van der Waals surface area (Å²) in [6.45, 7) is 7.28. The molecule has 6 rings (SSSR count). The van der Waals surface area contributed by atoms with Crippen LogP contribution in [0.5, 0.6) is 11.5 Å². The molecule has 318 valence electrons. The van der Waals surface area contributed by atoms with Crippen LogP contribution >= 0.6 is 0 Å². The number of methoxy groups -OCH3 is 1. The van der Waals surface area contributed by atoms with E-state index in [1.54, 1.807) is 45.2 Å². The van der Waals surface area contributed by atoms with Crippen molar-refractivity contribution in [2.24, 2.45) is 10.8 Å². The van der Waals surface area contributed by atoms with Gasteiger partial charge in [0.25, 0.3) is 11.8 Å². The average Bonchev–Trinajstić information content (AvgIpc) is 3.86. The lowest BCUT2D eigenvalue weighted by Gasteiger charge is -2.21. The standard InChI is InChI=1S/C40H48F2N12O6/c1-39(2,21-55)19-45-37(57)24-17-47-53-32(43-5)15-30(51-35(24)53)50-28-14-23(41)13-26(42)34(28)60-12-11-44-33-16-31(49-27-9-7-8-10-29(27)59-6)52-36-25(18-48-54(33)36)38(58)46-20-40(3,4)22-56/h7-10,13-18,43-44,55-56H,11-12,19-22H2,1-6H3,(H,45,57)(H,46,58)(H,49,52)(H,50,51). The van der Waals surface area contributed by atoms with Gasteiger partial charge in [-0.2, -0.15) is 19.2 Å². The summed E-state index contributed by atoms with van der Waals surface area (Å²) < 4.78 is 44.3. The summed E-state index contributed by atoms with van der Waals surface area (Å²) in [4.78, 5) is 35.7. The first-order chi connectivity index (χ1) is 28.6. The number of halogens is 2. The number of ether oxygens (including phenoxy) is 2. The highest BCUT2D eigenvalue weighted by molar-refractivity contribution is 6.01. The van der Waals surface area contributed by atoms with Crippen LogP contribution in [-0.4, -0.2) is 105 Å². The molecule has 2 aromatic carbocycles. The molecule has 0 radical (unpaired) electrons. The highest BCUT2D eigenvalue weighted by atomic mass is 19.1. The SMILES string of the molecule is CNc1cc(Nc2cc(F)cc(F)c2OCCNc2cc(Nc3ccccc3OC)nc3c(C(=O)NCC(C)(C)CO)cnn23)nc2c(C(=O)NCC(C)(C)CO)cnn12. The molecule has 0 bridgehead atoms. The van der Waals surface area contributed by atoms with Gasteiger partial charge in [-0.1, -0.05) is 39.8 Å². The number of rotatable bonds is 19. The van der Waals surface area contributed by atoms with Crippen molar-refractivity contribution >= 4 is 57.8 Å². The lowest BCUT2D eigenvalue weighted by atomic mass is 9.95. The van der Waals surface area contributed by atoms with Gasteiger partial charge in [-0.15, -0.1) is 0 Å². The molecule has 4 aromatic heterocycles. The molecule has 6 aromatic rings. The molecule has 0 atom stereocenters. The largest absolute Gasteiger partial charge is 0.495 e. The van der Waals surface area contributed by atoms with Gasteiger partial charge in [0.15, 0.2) is 22.9 Å². The minimum atomic E-state index is -0.981. The summed E-state index contributed by atoms with van der Waals surface area (Å²) in [5.74, 6) is -1.25. The molecule has 0 aliphatic heterocycles. The number of nitrogens with one attached hydrogen (secondary N) is 6. The smallest absolute Gasteiger partial charge is 0.256 e. The van der Waals surface area contributed by atoms with E-state index < -0.39 is 34.3 Å². The fourth-order valence-electron chi connectivity index (χ4n) is 5.78. The van der Waals surface area contributed by atoms with E-state index in [4.69, 9.17) is 9.47 Å². The summed E-state index contributed by atoms with van der Waals surface area (Å²) >= 11 is 0. The third-order valence-electron chi connectivity index (χ3n) is 9.30. The van der Waals surface area contributed by atoms with Gasteiger partial charge >= 0.3 is 0 Å². The summed E-state index contributed by atoms with van der Waals surface area (Å²) in [7, 11) is 3.18. The van der Waals surface area contributed by atoms with E-state index >= 15 is 4.39 Å². The molecule has 4 heterocycles. The van der Waals surface area contributed by atoms with Gasteiger partial charge in [0.05, 0.1) is 37.4 Å². The molecule has 20 heteroatoms. The van der Waals surface area contributed by atoms with E-state index in [1.165, 1.54) is 28.5 Å². The Morgan fingerprint density at radius 2 is 1.33 bits per heavy atom. The third-order valence-corrected chi connectivity index (χ3v) is 9.30. The molecule has 8 N–H and O–H groups in total. The van der Waals surface area contributed by atoms with Gasteiger partial charge in [-0.05, 0) is 12.1 Å². The second-order valence-corrected chi connectivity index (χ2v) is 15.4. The predicted octanol–water partition coefficient (Wildman–Crippen LogP) is 4.58. The van der Waals surface area contributed by atoms with Gasteiger partial charge in [-0.3, -0.25) is 9.59 Å². The van der Waals surface area contributed by atoms with Crippen molar-refractivity contribution < 1.29 is 38.1 Å². The Morgan fingerprint density at radius 3 is 1.90 bits per heavy atom. The molecule has 2 amide bonds. The predicted molar refractivity (Wildman–Crippen MR) is 222 cm³/mol. The van der Waals surface area contributed by atoms with E-state index in [0.29, 0.717) is 35.0 Å². The first-order valence-electron chi connectivity index (χ1n) is 18.9. The lowest BCUT2D eigenvalue weighted by Crippen LogP contribution is -2.36. The van der Waals surface area contributed by atoms with Crippen LogP contribution in [0.2, 0.25) is 0 Å². The van der Waals surface area contributed by atoms with E-state index in [1.807, 2.05) is 26.0 Å². The first-order valence-corrected chi connectivity index (χ1v) is 18.9. The lowest BCUT2D eigenvalue weighted by molar-refractivity contribution is 0.0904. The number of nitrogens with zero attached hydrogens (tertiary/aromatic N) is 6.